The molecule has 22 heavy (non-hydrogen) atoms. The largest absolute Gasteiger partial charge is 0.383 e. The van der Waals surface area contributed by atoms with Gasteiger partial charge in [-0.25, -0.2) is 9.37 Å². The predicted molar refractivity (Wildman–Crippen MR) is 86.3 cm³/mol. The summed E-state index contributed by atoms with van der Waals surface area (Å²) in [6, 6.07) is 5.03. The molecule has 0 spiro atoms. The molecule has 5 nitrogen and oxygen atoms in total. The van der Waals surface area contributed by atoms with Gasteiger partial charge in [0, 0.05) is 12.1 Å². The van der Waals surface area contributed by atoms with Gasteiger partial charge in [-0.3, -0.25) is 4.79 Å². The zero-order valence-corrected chi connectivity index (χ0v) is 12.7. The second kappa shape index (κ2) is 6.45. The highest BCUT2D eigenvalue weighted by Crippen LogP contribution is 2.34. The van der Waals surface area contributed by atoms with Gasteiger partial charge >= 0.3 is 0 Å². The van der Waals surface area contributed by atoms with Gasteiger partial charge in [-0.1, -0.05) is 11.3 Å². The van der Waals surface area contributed by atoms with Crippen molar-refractivity contribution in [1.82, 2.24) is 4.98 Å². The lowest BCUT2D eigenvalue weighted by Gasteiger charge is -2.26. The second-order valence-electron chi connectivity index (χ2n) is 4.61. The first-order chi connectivity index (χ1) is 10.4. The number of terminal acetylenes is 1. The molecule has 1 amide bonds. The summed E-state index contributed by atoms with van der Waals surface area (Å²) in [5.41, 5.74) is 11.8. The van der Waals surface area contributed by atoms with Gasteiger partial charge in [0.05, 0.1) is 4.88 Å². The van der Waals surface area contributed by atoms with Crippen LogP contribution in [0.15, 0.2) is 24.3 Å². The van der Waals surface area contributed by atoms with Gasteiger partial charge in [0.1, 0.15) is 17.7 Å². The minimum absolute atomic E-state index is 0.321. The Morgan fingerprint density at radius 1 is 1.50 bits per heavy atom. The van der Waals surface area contributed by atoms with Crippen molar-refractivity contribution in [2.24, 2.45) is 5.73 Å². The molecule has 114 valence electrons. The molecule has 0 unspecified atom stereocenters. The fraction of sp³-hybridized carbons (Fsp3) is 0.200. The quantitative estimate of drug-likeness (QED) is 0.826. The first-order valence-electron chi connectivity index (χ1n) is 6.46. The van der Waals surface area contributed by atoms with Crippen molar-refractivity contribution in [2.75, 3.05) is 10.6 Å². The van der Waals surface area contributed by atoms with Crippen molar-refractivity contribution < 1.29 is 9.18 Å². The number of primary amides is 1. The topological polar surface area (TPSA) is 85.2 Å². The Bertz CT molecular complexity index is 720. The minimum Gasteiger partial charge on any atom is -0.383 e. The van der Waals surface area contributed by atoms with Crippen molar-refractivity contribution in [3.63, 3.8) is 0 Å². The SMILES string of the molecule is C#CCc1sc(N(c2ccc(F)cc2)[C@H](C)C(N)=O)nc1N. The molecule has 0 bridgehead atoms. The van der Waals surface area contributed by atoms with E-state index in [2.05, 4.69) is 10.9 Å². The molecule has 4 N–H and O–H groups in total. The molecule has 1 aromatic heterocycles. The summed E-state index contributed by atoms with van der Waals surface area (Å²) < 4.78 is 13.1. The Morgan fingerprint density at radius 3 is 2.68 bits per heavy atom. The van der Waals surface area contributed by atoms with Gasteiger partial charge in [0.15, 0.2) is 5.13 Å². The maximum Gasteiger partial charge on any atom is 0.240 e. The summed E-state index contributed by atoms with van der Waals surface area (Å²) in [6.07, 6.45) is 5.65. The van der Waals surface area contributed by atoms with E-state index in [1.165, 1.54) is 23.5 Å². The average Bonchev–Trinajstić information content (AvgIpc) is 2.82. The van der Waals surface area contributed by atoms with E-state index in [4.69, 9.17) is 17.9 Å². The summed E-state index contributed by atoms with van der Waals surface area (Å²) in [5, 5.41) is 0.487. The second-order valence-corrected chi connectivity index (χ2v) is 5.67. The van der Waals surface area contributed by atoms with Gasteiger partial charge in [0.2, 0.25) is 5.91 Å². The average molecular weight is 318 g/mol. The van der Waals surface area contributed by atoms with E-state index in [0.717, 1.165) is 4.88 Å². The fourth-order valence-corrected chi connectivity index (χ4v) is 2.93. The van der Waals surface area contributed by atoms with Crippen molar-refractivity contribution in [3.05, 3.63) is 35.0 Å². The molecule has 1 aromatic carbocycles. The van der Waals surface area contributed by atoms with Crippen LogP contribution in [0.25, 0.3) is 0 Å². The van der Waals surface area contributed by atoms with Gasteiger partial charge in [-0.05, 0) is 31.2 Å². The van der Waals surface area contributed by atoms with Crippen molar-refractivity contribution in [3.8, 4) is 12.3 Å². The summed E-state index contributed by atoms with van der Waals surface area (Å²) >= 11 is 1.28. The lowest BCUT2D eigenvalue weighted by molar-refractivity contribution is -0.118. The fourth-order valence-electron chi connectivity index (χ4n) is 1.90. The standard InChI is InChI=1S/C15H15FN4OS/c1-3-4-12-13(17)19-15(22-12)20(9(2)14(18)21)11-7-5-10(16)6-8-11/h1,5-9H,4,17H2,2H3,(H2,18,21)/t9-/m1/s1. The molecular weight excluding hydrogens is 303 g/mol. The normalized spacial score (nSPS) is 11.7. The number of nitrogen functional groups attached to an aromatic ring is 1. The van der Waals surface area contributed by atoms with Crippen LogP contribution >= 0.6 is 11.3 Å². The molecule has 2 rings (SSSR count). The van der Waals surface area contributed by atoms with E-state index in [-0.39, 0.29) is 5.82 Å². The van der Waals surface area contributed by atoms with Gasteiger partial charge in [0.25, 0.3) is 0 Å². The highest BCUT2D eigenvalue weighted by Gasteiger charge is 2.25. The number of benzene rings is 1. The molecular formula is C15H15FN4OS. The Morgan fingerprint density at radius 2 is 2.14 bits per heavy atom. The van der Waals surface area contributed by atoms with Crippen LogP contribution in [0.4, 0.5) is 21.0 Å². The molecule has 0 aliphatic heterocycles. The number of thiazole rings is 1. The number of nitrogens with zero attached hydrogens (tertiary/aromatic N) is 2. The zero-order valence-electron chi connectivity index (χ0n) is 11.9. The summed E-state index contributed by atoms with van der Waals surface area (Å²) in [6.45, 7) is 1.64. The molecule has 0 fully saturated rings. The van der Waals surface area contributed by atoms with Crippen molar-refractivity contribution in [2.45, 2.75) is 19.4 Å². The smallest absolute Gasteiger partial charge is 0.240 e. The van der Waals surface area contributed by atoms with Crippen LogP contribution in [0, 0.1) is 18.2 Å². The van der Waals surface area contributed by atoms with Crippen LogP contribution in [-0.2, 0) is 11.2 Å². The number of aromatic nitrogens is 1. The van der Waals surface area contributed by atoms with Crippen LogP contribution in [0.1, 0.15) is 11.8 Å². The molecule has 0 radical (unpaired) electrons. The molecule has 0 saturated carbocycles. The monoisotopic (exact) mass is 318 g/mol. The number of hydrogen-bond acceptors (Lipinski definition) is 5. The highest BCUT2D eigenvalue weighted by atomic mass is 32.1. The Kier molecular flexibility index (Phi) is 4.63. The van der Waals surface area contributed by atoms with Gasteiger partial charge in [-0.15, -0.1) is 12.3 Å². The molecule has 1 atom stereocenters. The van der Waals surface area contributed by atoms with E-state index in [1.54, 1.807) is 24.0 Å². The summed E-state index contributed by atoms with van der Waals surface area (Å²) in [5.74, 6) is 1.92. The molecule has 0 aliphatic rings. The number of rotatable bonds is 5. The summed E-state index contributed by atoms with van der Waals surface area (Å²) in [4.78, 5) is 18.2. The van der Waals surface area contributed by atoms with E-state index >= 15 is 0 Å². The molecule has 2 aromatic rings. The Labute approximate surface area is 131 Å². The maximum absolute atomic E-state index is 13.1. The van der Waals surface area contributed by atoms with E-state index in [9.17, 15) is 9.18 Å². The maximum atomic E-state index is 13.1. The lowest BCUT2D eigenvalue weighted by Crippen LogP contribution is -2.39. The third-order valence-electron chi connectivity index (χ3n) is 3.09. The number of carbonyl (C=O) groups excluding carboxylic acids is 1. The number of hydrogen-bond donors (Lipinski definition) is 2. The Hall–Kier alpha value is -2.59. The third-order valence-corrected chi connectivity index (χ3v) is 4.16. The van der Waals surface area contributed by atoms with E-state index in [1.807, 2.05) is 0 Å². The van der Waals surface area contributed by atoms with Gasteiger partial charge in [-0.2, -0.15) is 0 Å². The lowest BCUT2D eigenvalue weighted by atomic mass is 10.2. The Balaban J connectivity index is 2.49. The van der Waals surface area contributed by atoms with Crippen LogP contribution in [0.2, 0.25) is 0 Å². The predicted octanol–water partition coefficient (Wildman–Crippen LogP) is 2.05. The van der Waals surface area contributed by atoms with Crippen molar-refractivity contribution >= 4 is 33.9 Å². The van der Waals surface area contributed by atoms with Crippen LogP contribution < -0.4 is 16.4 Å². The zero-order chi connectivity index (χ0) is 16.3. The van der Waals surface area contributed by atoms with Crippen LogP contribution in [-0.4, -0.2) is 16.9 Å². The molecule has 1 heterocycles. The van der Waals surface area contributed by atoms with Crippen LogP contribution in [0.3, 0.4) is 0 Å². The minimum atomic E-state index is -0.672. The van der Waals surface area contributed by atoms with E-state index in [0.29, 0.717) is 23.1 Å². The van der Waals surface area contributed by atoms with Gasteiger partial charge < -0.3 is 16.4 Å². The molecule has 0 aliphatic carbocycles. The molecule has 0 saturated heterocycles. The number of carbonyl (C=O) groups is 1. The number of amides is 1. The highest BCUT2D eigenvalue weighted by molar-refractivity contribution is 7.16. The van der Waals surface area contributed by atoms with Crippen LogP contribution in [0.5, 0.6) is 0 Å². The van der Waals surface area contributed by atoms with E-state index < -0.39 is 11.9 Å². The number of anilines is 3. The first kappa shape index (κ1) is 15.8. The first-order valence-corrected chi connectivity index (χ1v) is 7.28. The van der Waals surface area contributed by atoms with Crippen molar-refractivity contribution in [1.29, 1.82) is 0 Å². The number of halogens is 1. The third kappa shape index (κ3) is 3.18. The summed E-state index contributed by atoms with van der Waals surface area (Å²) in [7, 11) is 0. The number of nitrogens with two attached hydrogens (primary N) is 2. The molecule has 7 heteroatoms.